The van der Waals surface area contributed by atoms with Crippen molar-refractivity contribution in [1.82, 2.24) is 4.73 Å². The maximum absolute atomic E-state index is 12.5. The molecule has 0 saturated heterocycles. The number of amides is 1. The molecule has 1 N–H and O–H groups in total. The third kappa shape index (κ3) is 4.14. The number of hydrogen-bond acceptors (Lipinski definition) is 3. The highest BCUT2D eigenvalue weighted by Crippen LogP contribution is 2.07. The lowest BCUT2D eigenvalue weighted by Crippen LogP contribution is -2.32. The van der Waals surface area contributed by atoms with Crippen LogP contribution in [0.15, 0.2) is 77.7 Å². The van der Waals surface area contributed by atoms with Gasteiger partial charge in [-0.05, 0) is 36.8 Å². The Morgan fingerprint density at radius 1 is 1.00 bits per heavy atom. The van der Waals surface area contributed by atoms with Crippen LogP contribution in [0.3, 0.4) is 0 Å². The molecule has 0 aliphatic rings. The first-order valence-electron chi connectivity index (χ1n) is 7.90. The maximum atomic E-state index is 12.5. The molecule has 5 heteroatoms. The molecule has 0 fully saturated rings. The molecule has 0 spiro atoms. The standard InChI is InChI=1S/C20H18N2O3/c1-15-9-11-16(12-10-15)14-25-22-13-5-8-18(20(22)24)19(23)21-17-6-3-2-4-7-17/h2-13H,14H2,1H3,(H,21,23). The monoisotopic (exact) mass is 334 g/mol. The number of benzene rings is 2. The van der Waals surface area contributed by atoms with Crippen LogP contribution in [0.1, 0.15) is 21.5 Å². The zero-order valence-electron chi connectivity index (χ0n) is 13.8. The maximum Gasteiger partial charge on any atom is 0.295 e. The van der Waals surface area contributed by atoms with Crippen LogP contribution in [0, 0.1) is 6.92 Å². The molecule has 3 aromatic rings. The van der Waals surface area contributed by atoms with E-state index in [1.54, 1.807) is 18.2 Å². The van der Waals surface area contributed by atoms with Crippen molar-refractivity contribution < 1.29 is 9.63 Å². The summed E-state index contributed by atoms with van der Waals surface area (Å²) in [7, 11) is 0. The Hall–Kier alpha value is -3.34. The van der Waals surface area contributed by atoms with E-state index in [1.807, 2.05) is 49.4 Å². The fourth-order valence-electron chi connectivity index (χ4n) is 2.30. The molecular formula is C20H18N2O3. The van der Waals surface area contributed by atoms with Gasteiger partial charge in [0.05, 0.1) is 0 Å². The van der Waals surface area contributed by atoms with Crippen molar-refractivity contribution in [2.24, 2.45) is 0 Å². The highest BCUT2D eigenvalue weighted by Gasteiger charge is 2.13. The fourth-order valence-corrected chi connectivity index (χ4v) is 2.30. The number of para-hydroxylation sites is 1. The van der Waals surface area contributed by atoms with Gasteiger partial charge in [0.1, 0.15) is 12.2 Å². The third-order valence-electron chi connectivity index (χ3n) is 3.68. The first-order valence-corrected chi connectivity index (χ1v) is 7.90. The number of nitrogens with one attached hydrogen (secondary N) is 1. The molecule has 25 heavy (non-hydrogen) atoms. The Kier molecular flexibility index (Phi) is 4.95. The van der Waals surface area contributed by atoms with Crippen LogP contribution in [0.4, 0.5) is 5.69 Å². The van der Waals surface area contributed by atoms with E-state index in [0.29, 0.717) is 5.69 Å². The van der Waals surface area contributed by atoms with E-state index in [0.717, 1.165) is 15.9 Å². The summed E-state index contributed by atoms with van der Waals surface area (Å²) >= 11 is 0. The molecule has 0 aliphatic carbocycles. The second kappa shape index (κ2) is 7.49. The van der Waals surface area contributed by atoms with E-state index in [1.165, 1.54) is 12.3 Å². The first-order chi connectivity index (χ1) is 12.1. The van der Waals surface area contributed by atoms with E-state index in [-0.39, 0.29) is 12.2 Å². The summed E-state index contributed by atoms with van der Waals surface area (Å²) in [5.74, 6) is -0.468. The molecule has 2 aromatic carbocycles. The van der Waals surface area contributed by atoms with Crippen LogP contribution in [0.25, 0.3) is 0 Å². The minimum absolute atomic E-state index is 0.0234. The lowest BCUT2D eigenvalue weighted by atomic mass is 10.2. The fraction of sp³-hybridized carbons (Fsp3) is 0.100. The lowest BCUT2D eigenvalue weighted by molar-refractivity contribution is 0.0863. The van der Waals surface area contributed by atoms with E-state index >= 15 is 0 Å². The molecule has 3 rings (SSSR count). The molecule has 0 atom stereocenters. The molecule has 0 bridgehead atoms. The molecule has 0 unspecified atom stereocenters. The van der Waals surface area contributed by atoms with Crippen LogP contribution in [0.5, 0.6) is 0 Å². The van der Waals surface area contributed by atoms with Crippen molar-refractivity contribution in [1.29, 1.82) is 0 Å². The molecule has 1 amide bonds. The van der Waals surface area contributed by atoms with Crippen molar-refractivity contribution in [2.45, 2.75) is 13.5 Å². The number of hydrogen-bond donors (Lipinski definition) is 1. The molecule has 5 nitrogen and oxygen atoms in total. The molecule has 0 saturated carbocycles. The zero-order valence-corrected chi connectivity index (χ0v) is 13.8. The second-order valence-corrected chi connectivity index (χ2v) is 5.63. The SMILES string of the molecule is Cc1ccc(COn2cccc(C(=O)Nc3ccccc3)c2=O)cc1. The Morgan fingerprint density at radius 3 is 2.44 bits per heavy atom. The van der Waals surface area contributed by atoms with Crippen molar-refractivity contribution >= 4 is 11.6 Å². The zero-order chi connectivity index (χ0) is 17.6. The van der Waals surface area contributed by atoms with Gasteiger partial charge in [-0.1, -0.05) is 48.0 Å². The van der Waals surface area contributed by atoms with Crippen molar-refractivity contribution in [3.8, 4) is 0 Å². The van der Waals surface area contributed by atoms with Crippen LogP contribution < -0.4 is 15.7 Å². The van der Waals surface area contributed by atoms with Gasteiger partial charge in [0, 0.05) is 11.9 Å². The molecular weight excluding hydrogens is 316 g/mol. The molecule has 0 radical (unpaired) electrons. The summed E-state index contributed by atoms with van der Waals surface area (Å²) in [5, 5.41) is 2.70. The van der Waals surface area contributed by atoms with Gasteiger partial charge in [-0.2, -0.15) is 4.73 Å². The second-order valence-electron chi connectivity index (χ2n) is 5.63. The van der Waals surface area contributed by atoms with Gasteiger partial charge < -0.3 is 10.2 Å². The summed E-state index contributed by atoms with van der Waals surface area (Å²) < 4.78 is 1.08. The van der Waals surface area contributed by atoms with E-state index in [9.17, 15) is 9.59 Å². The predicted molar refractivity (Wildman–Crippen MR) is 96.6 cm³/mol. The van der Waals surface area contributed by atoms with Gasteiger partial charge in [-0.25, -0.2) is 0 Å². The van der Waals surface area contributed by atoms with Crippen LogP contribution in [-0.2, 0) is 6.61 Å². The van der Waals surface area contributed by atoms with Crippen LogP contribution in [0.2, 0.25) is 0 Å². The molecule has 1 heterocycles. The number of nitrogens with zero attached hydrogens (tertiary/aromatic N) is 1. The summed E-state index contributed by atoms with van der Waals surface area (Å²) in [5.41, 5.74) is 2.25. The Balaban J connectivity index is 1.74. The smallest absolute Gasteiger partial charge is 0.295 e. The average molecular weight is 334 g/mol. The normalized spacial score (nSPS) is 10.3. The van der Waals surface area contributed by atoms with Crippen LogP contribution >= 0.6 is 0 Å². The predicted octanol–water partition coefficient (Wildman–Crippen LogP) is 3.04. The Labute approximate surface area is 145 Å². The summed E-state index contributed by atoms with van der Waals surface area (Å²) in [4.78, 5) is 30.3. The highest BCUT2D eigenvalue weighted by atomic mass is 16.7. The number of aryl methyl sites for hydroxylation is 1. The van der Waals surface area contributed by atoms with E-state index in [2.05, 4.69) is 5.32 Å². The Bertz CT molecular complexity index is 916. The average Bonchev–Trinajstić information content (AvgIpc) is 2.63. The van der Waals surface area contributed by atoms with Gasteiger partial charge in [-0.3, -0.25) is 9.59 Å². The van der Waals surface area contributed by atoms with Crippen LogP contribution in [-0.4, -0.2) is 10.6 Å². The van der Waals surface area contributed by atoms with Crippen molar-refractivity contribution in [2.75, 3.05) is 5.32 Å². The number of rotatable bonds is 5. The van der Waals surface area contributed by atoms with Crippen molar-refractivity contribution in [3.63, 3.8) is 0 Å². The summed E-state index contributed by atoms with van der Waals surface area (Å²) in [6.07, 6.45) is 1.50. The number of pyridine rings is 1. The summed E-state index contributed by atoms with van der Waals surface area (Å²) in [6, 6.07) is 19.9. The van der Waals surface area contributed by atoms with E-state index < -0.39 is 11.5 Å². The number of anilines is 1. The van der Waals surface area contributed by atoms with Gasteiger partial charge in [-0.15, -0.1) is 0 Å². The molecule has 1 aromatic heterocycles. The number of carbonyl (C=O) groups is 1. The number of aromatic nitrogens is 1. The highest BCUT2D eigenvalue weighted by molar-refractivity contribution is 6.03. The largest absolute Gasteiger partial charge is 0.406 e. The van der Waals surface area contributed by atoms with E-state index in [4.69, 9.17) is 4.84 Å². The molecule has 126 valence electrons. The van der Waals surface area contributed by atoms with Gasteiger partial charge >= 0.3 is 0 Å². The number of carbonyl (C=O) groups excluding carboxylic acids is 1. The summed E-state index contributed by atoms with van der Waals surface area (Å²) in [6.45, 7) is 2.24. The van der Waals surface area contributed by atoms with Gasteiger partial charge in [0.15, 0.2) is 0 Å². The minimum Gasteiger partial charge on any atom is -0.406 e. The minimum atomic E-state index is -0.497. The van der Waals surface area contributed by atoms with Gasteiger partial charge in [0.25, 0.3) is 11.5 Å². The Morgan fingerprint density at radius 2 is 1.72 bits per heavy atom. The quantitative estimate of drug-likeness (QED) is 0.780. The van der Waals surface area contributed by atoms with Crippen molar-refractivity contribution in [3.05, 3.63) is 100.0 Å². The lowest BCUT2D eigenvalue weighted by Gasteiger charge is -2.10. The van der Waals surface area contributed by atoms with Gasteiger partial charge in [0.2, 0.25) is 0 Å². The topological polar surface area (TPSA) is 60.3 Å². The first kappa shape index (κ1) is 16.5. The molecule has 0 aliphatic heterocycles. The third-order valence-corrected chi connectivity index (χ3v) is 3.68.